The van der Waals surface area contributed by atoms with Crippen molar-refractivity contribution in [2.45, 2.75) is 5.92 Å². The van der Waals surface area contributed by atoms with E-state index in [1.807, 2.05) is 42.5 Å². The smallest absolute Gasteiger partial charge is 0.310 e. The summed E-state index contributed by atoms with van der Waals surface area (Å²) in [7, 11) is 1.45. The highest BCUT2D eigenvalue weighted by atomic mass is 35.5. The Morgan fingerprint density at radius 2 is 1.83 bits per heavy atom. The first-order valence-corrected chi connectivity index (χ1v) is 8.78. The van der Waals surface area contributed by atoms with Gasteiger partial charge in [0, 0.05) is 21.6 Å². The first-order chi connectivity index (χ1) is 11.2. The molecule has 2 atom stereocenters. The molecule has 0 fully saturated rings. The standard InChI is InChI=1S/C19H17ClO2S/c1-22-19(21)17-12-23-18(14-5-3-2-4-6-14)11-16(17)13-7-9-15(20)10-8-13/h2-11,16-17H,12H2,1H3. The summed E-state index contributed by atoms with van der Waals surface area (Å²) in [4.78, 5) is 13.4. The molecule has 23 heavy (non-hydrogen) atoms. The van der Waals surface area contributed by atoms with Gasteiger partial charge in [0.2, 0.25) is 0 Å². The van der Waals surface area contributed by atoms with Gasteiger partial charge in [-0.1, -0.05) is 60.1 Å². The summed E-state index contributed by atoms with van der Waals surface area (Å²) < 4.78 is 5.00. The van der Waals surface area contributed by atoms with Crippen LogP contribution in [-0.4, -0.2) is 18.8 Å². The van der Waals surface area contributed by atoms with Crippen LogP contribution in [0.5, 0.6) is 0 Å². The van der Waals surface area contributed by atoms with Crippen molar-refractivity contribution in [2.75, 3.05) is 12.9 Å². The summed E-state index contributed by atoms with van der Waals surface area (Å²) in [5.41, 5.74) is 2.26. The first-order valence-electron chi connectivity index (χ1n) is 7.42. The average Bonchev–Trinajstić information content (AvgIpc) is 2.62. The first kappa shape index (κ1) is 16.2. The number of hydrogen-bond acceptors (Lipinski definition) is 3. The molecule has 118 valence electrons. The summed E-state index contributed by atoms with van der Waals surface area (Å²) in [5.74, 6) is 0.358. The van der Waals surface area contributed by atoms with Gasteiger partial charge in [-0.15, -0.1) is 11.8 Å². The van der Waals surface area contributed by atoms with Crippen LogP contribution < -0.4 is 0 Å². The molecule has 0 N–H and O–H groups in total. The molecule has 0 saturated carbocycles. The monoisotopic (exact) mass is 344 g/mol. The van der Waals surface area contributed by atoms with Gasteiger partial charge in [-0.25, -0.2) is 0 Å². The zero-order valence-corrected chi connectivity index (χ0v) is 14.3. The molecule has 0 spiro atoms. The fourth-order valence-corrected chi connectivity index (χ4v) is 4.15. The second-order valence-corrected chi connectivity index (χ2v) is 6.91. The minimum absolute atomic E-state index is 0.00354. The summed E-state index contributed by atoms with van der Waals surface area (Å²) in [6.45, 7) is 0. The molecule has 0 bridgehead atoms. The Bertz CT molecular complexity index is 710. The van der Waals surface area contributed by atoms with E-state index in [4.69, 9.17) is 16.3 Å². The lowest BCUT2D eigenvalue weighted by molar-refractivity contribution is -0.145. The van der Waals surface area contributed by atoms with Crippen LogP contribution >= 0.6 is 23.4 Å². The number of carbonyl (C=O) groups excluding carboxylic acids is 1. The van der Waals surface area contributed by atoms with Gasteiger partial charge < -0.3 is 4.74 Å². The van der Waals surface area contributed by atoms with Crippen molar-refractivity contribution in [3.05, 3.63) is 76.8 Å². The Labute approximate surface area is 145 Å². The number of methoxy groups -OCH3 is 1. The second kappa shape index (κ2) is 7.24. The highest BCUT2D eigenvalue weighted by molar-refractivity contribution is 8.08. The molecule has 0 saturated heterocycles. The van der Waals surface area contributed by atoms with Gasteiger partial charge in [-0.2, -0.15) is 0 Å². The van der Waals surface area contributed by atoms with E-state index in [9.17, 15) is 4.79 Å². The van der Waals surface area contributed by atoms with Crippen molar-refractivity contribution >= 4 is 34.2 Å². The quantitative estimate of drug-likeness (QED) is 0.733. The fraction of sp³-hybridized carbons (Fsp3) is 0.211. The number of ether oxygens (including phenoxy) is 1. The van der Waals surface area contributed by atoms with Gasteiger partial charge in [-0.3, -0.25) is 4.79 Å². The Balaban J connectivity index is 2.00. The zero-order chi connectivity index (χ0) is 16.2. The molecule has 0 aromatic heterocycles. The highest BCUT2D eigenvalue weighted by Crippen LogP contribution is 2.43. The van der Waals surface area contributed by atoms with Crippen LogP contribution in [0.4, 0.5) is 0 Å². The molecule has 3 rings (SSSR count). The van der Waals surface area contributed by atoms with E-state index < -0.39 is 0 Å². The molecule has 0 amide bonds. The zero-order valence-electron chi connectivity index (χ0n) is 12.7. The topological polar surface area (TPSA) is 26.3 Å². The minimum Gasteiger partial charge on any atom is -0.469 e. The predicted octanol–water partition coefficient (Wildman–Crippen LogP) is 5.00. The molecular weight excluding hydrogens is 328 g/mol. The molecule has 2 aromatic carbocycles. The van der Waals surface area contributed by atoms with Crippen molar-refractivity contribution in [1.29, 1.82) is 0 Å². The largest absolute Gasteiger partial charge is 0.469 e. The van der Waals surface area contributed by atoms with E-state index >= 15 is 0 Å². The van der Waals surface area contributed by atoms with Crippen LogP contribution in [0, 0.1) is 5.92 Å². The third-order valence-electron chi connectivity index (χ3n) is 4.00. The van der Waals surface area contributed by atoms with Crippen LogP contribution in [0.1, 0.15) is 17.0 Å². The van der Waals surface area contributed by atoms with Gasteiger partial charge in [0.25, 0.3) is 0 Å². The van der Waals surface area contributed by atoms with Crippen molar-refractivity contribution in [3.8, 4) is 0 Å². The maximum absolute atomic E-state index is 12.2. The summed E-state index contributed by atoms with van der Waals surface area (Å²) in [6, 6.07) is 17.9. The summed E-state index contributed by atoms with van der Waals surface area (Å²) >= 11 is 7.69. The molecule has 2 nitrogen and oxygen atoms in total. The predicted molar refractivity (Wildman–Crippen MR) is 96.6 cm³/mol. The molecule has 1 aliphatic heterocycles. The molecule has 4 heteroatoms. The Kier molecular flexibility index (Phi) is 5.09. The lowest BCUT2D eigenvalue weighted by Gasteiger charge is -2.28. The number of hydrogen-bond donors (Lipinski definition) is 0. The van der Waals surface area contributed by atoms with E-state index in [0.29, 0.717) is 10.8 Å². The molecule has 2 aromatic rings. The normalized spacial score (nSPS) is 20.7. The Morgan fingerprint density at radius 1 is 1.13 bits per heavy atom. The number of thioether (sulfide) groups is 1. The van der Waals surface area contributed by atoms with E-state index in [1.54, 1.807) is 11.8 Å². The molecule has 1 aliphatic rings. The van der Waals surface area contributed by atoms with Crippen LogP contribution in [-0.2, 0) is 9.53 Å². The van der Waals surface area contributed by atoms with Crippen LogP contribution in [0.15, 0.2) is 60.7 Å². The lowest BCUT2D eigenvalue weighted by atomic mass is 9.86. The third kappa shape index (κ3) is 3.62. The van der Waals surface area contributed by atoms with Gasteiger partial charge in [-0.05, 0) is 23.3 Å². The van der Waals surface area contributed by atoms with Crippen molar-refractivity contribution in [3.63, 3.8) is 0 Å². The van der Waals surface area contributed by atoms with E-state index in [1.165, 1.54) is 17.6 Å². The number of halogens is 1. The molecular formula is C19H17ClO2S. The van der Waals surface area contributed by atoms with Gasteiger partial charge in [0.05, 0.1) is 13.0 Å². The highest BCUT2D eigenvalue weighted by Gasteiger charge is 2.33. The number of rotatable bonds is 3. The Hall–Kier alpha value is -1.71. The maximum Gasteiger partial charge on any atom is 0.310 e. The maximum atomic E-state index is 12.2. The minimum atomic E-state index is -0.182. The lowest BCUT2D eigenvalue weighted by Crippen LogP contribution is -2.27. The number of benzene rings is 2. The van der Waals surface area contributed by atoms with E-state index in [2.05, 4.69) is 18.2 Å². The number of allylic oxidation sites excluding steroid dienone is 1. The molecule has 0 radical (unpaired) electrons. The van der Waals surface area contributed by atoms with Crippen LogP contribution in [0.3, 0.4) is 0 Å². The van der Waals surface area contributed by atoms with Crippen LogP contribution in [0.25, 0.3) is 4.91 Å². The van der Waals surface area contributed by atoms with E-state index in [-0.39, 0.29) is 17.8 Å². The molecule has 2 unspecified atom stereocenters. The van der Waals surface area contributed by atoms with Gasteiger partial charge in [0.1, 0.15) is 0 Å². The van der Waals surface area contributed by atoms with Crippen molar-refractivity contribution < 1.29 is 9.53 Å². The average molecular weight is 345 g/mol. The van der Waals surface area contributed by atoms with Gasteiger partial charge >= 0.3 is 5.97 Å². The van der Waals surface area contributed by atoms with E-state index in [0.717, 1.165) is 5.56 Å². The molecule has 0 aliphatic carbocycles. The second-order valence-electron chi connectivity index (χ2n) is 5.41. The fourth-order valence-electron chi connectivity index (χ4n) is 2.77. The van der Waals surface area contributed by atoms with Crippen LogP contribution in [0.2, 0.25) is 5.02 Å². The third-order valence-corrected chi connectivity index (χ3v) is 5.46. The summed E-state index contributed by atoms with van der Waals surface area (Å²) in [6.07, 6.45) is 2.17. The number of carbonyl (C=O) groups is 1. The summed E-state index contributed by atoms with van der Waals surface area (Å²) in [5, 5.41) is 0.695. The molecule has 1 heterocycles. The SMILES string of the molecule is COC(=O)C1CSC(c2ccccc2)=CC1c1ccc(Cl)cc1. The van der Waals surface area contributed by atoms with Crippen molar-refractivity contribution in [2.24, 2.45) is 5.92 Å². The van der Waals surface area contributed by atoms with Gasteiger partial charge in [0.15, 0.2) is 0 Å². The number of esters is 1. The van der Waals surface area contributed by atoms with Crippen molar-refractivity contribution in [1.82, 2.24) is 0 Å². The Morgan fingerprint density at radius 3 is 2.48 bits per heavy atom.